The van der Waals surface area contributed by atoms with Gasteiger partial charge in [-0.1, -0.05) is 109 Å². The molecule has 0 N–H and O–H groups in total. The van der Waals surface area contributed by atoms with Crippen molar-refractivity contribution in [3.05, 3.63) is 175 Å². The van der Waals surface area contributed by atoms with Crippen LogP contribution >= 0.6 is 0 Å². The molecule has 9 aromatic rings. The summed E-state index contributed by atoms with van der Waals surface area (Å²) in [7, 11) is 0. The van der Waals surface area contributed by atoms with E-state index in [2.05, 4.69) is 88.0 Å². The predicted octanol–water partition coefficient (Wildman–Crippen LogP) is 10.3. The molecular weight excluding hydrogens is 603 g/mol. The first-order valence-electron chi connectivity index (χ1n) is 16.4. The third-order valence-electron chi connectivity index (χ3n) is 9.86. The molecule has 3 heterocycles. The Bertz CT molecular complexity index is 2770. The van der Waals surface area contributed by atoms with Gasteiger partial charge < -0.3 is 9.13 Å². The van der Waals surface area contributed by atoms with Gasteiger partial charge in [-0.2, -0.15) is 0 Å². The molecule has 2 aromatic heterocycles. The number of carbonyl (C=O) groups is 2. The molecule has 0 radical (unpaired) electrons. The molecule has 1 aliphatic rings. The number of amides is 2. The molecule has 2 amide bonds. The van der Waals surface area contributed by atoms with Crippen LogP contribution in [-0.2, 0) is 0 Å². The van der Waals surface area contributed by atoms with Crippen molar-refractivity contribution in [2.75, 3.05) is 4.90 Å². The van der Waals surface area contributed by atoms with Crippen LogP contribution in [0.2, 0.25) is 0 Å². The van der Waals surface area contributed by atoms with Gasteiger partial charge in [-0.25, -0.2) is 4.90 Å². The summed E-state index contributed by atoms with van der Waals surface area (Å²) in [5.41, 5.74) is 9.11. The monoisotopic (exact) mass is 629 g/mol. The van der Waals surface area contributed by atoms with Crippen LogP contribution in [-0.4, -0.2) is 20.9 Å². The van der Waals surface area contributed by atoms with E-state index in [9.17, 15) is 9.59 Å². The van der Waals surface area contributed by atoms with Gasteiger partial charge in [0.2, 0.25) is 0 Å². The van der Waals surface area contributed by atoms with Crippen molar-refractivity contribution in [1.29, 1.82) is 0 Å². The number of anilines is 1. The number of nitrogens with zero attached hydrogens (tertiary/aromatic N) is 3. The lowest BCUT2D eigenvalue weighted by Gasteiger charge is -2.18. The number of carbonyl (C=O) groups excluding carboxylic acids is 2. The van der Waals surface area contributed by atoms with E-state index in [-0.39, 0.29) is 11.8 Å². The highest BCUT2D eigenvalue weighted by Gasteiger charge is 2.40. The third-order valence-corrected chi connectivity index (χ3v) is 9.86. The van der Waals surface area contributed by atoms with Gasteiger partial charge in [-0.3, -0.25) is 9.59 Å². The number of imide groups is 1. The van der Waals surface area contributed by atoms with Crippen molar-refractivity contribution in [3.63, 3.8) is 0 Å². The van der Waals surface area contributed by atoms with Crippen LogP contribution in [0.5, 0.6) is 0 Å². The zero-order valence-electron chi connectivity index (χ0n) is 26.2. The highest BCUT2D eigenvalue weighted by molar-refractivity contribution is 6.36. The van der Waals surface area contributed by atoms with Gasteiger partial charge in [0, 0.05) is 32.8 Å². The van der Waals surface area contributed by atoms with Crippen LogP contribution in [0.4, 0.5) is 5.69 Å². The summed E-state index contributed by atoms with van der Waals surface area (Å²) in [6.45, 7) is 0. The first kappa shape index (κ1) is 27.4. The van der Waals surface area contributed by atoms with Gasteiger partial charge in [-0.15, -0.1) is 0 Å². The summed E-state index contributed by atoms with van der Waals surface area (Å²) in [6.07, 6.45) is 0. The average molecular weight is 630 g/mol. The molecule has 10 rings (SSSR count). The van der Waals surface area contributed by atoms with E-state index in [4.69, 9.17) is 0 Å². The summed E-state index contributed by atoms with van der Waals surface area (Å²) >= 11 is 0. The number of fused-ring (bicyclic) bond motifs is 7. The van der Waals surface area contributed by atoms with Crippen LogP contribution in [0.15, 0.2) is 164 Å². The molecule has 1 aliphatic heterocycles. The number of rotatable bonds is 4. The van der Waals surface area contributed by atoms with E-state index in [1.807, 2.05) is 78.9 Å². The SMILES string of the molecule is O=C1c2cccc(-n3c4ccccc4c4cc(-n5c6ccccc6c6ccccc65)ccc43)c2C(=O)N1c1ccccc1-c1ccccc1. The van der Waals surface area contributed by atoms with E-state index in [0.29, 0.717) is 22.5 Å². The van der Waals surface area contributed by atoms with E-state index in [1.165, 1.54) is 15.7 Å². The smallest absolute Gasteiger partial charge is 0.268 e. The van der Waals surface area contributed by atoms with Crippen molar-refractivity contribution in [2.24, 2.45) is 0 Å². The van der Waals surface area contributed by atoms with Crippen molar-refractivity contribution < 1.29 is 9.59 Å². The minimum atomic E-state index is -0.327. The minimum Gasteiger partial charge on any atom is -0.309 e. The van der Waals surface area contributed by atoms with Crippen LogP contribution < -0.4 is 4.90 Å². The average Bonchev–Trinajstić information content (AvgIpc) is 3.76. The molecular formula is C44H27N3O2. The fourth-order valence-corrected chi connectivity index (χ4v) is 7.76. The first-order chi connectivity index (χ1) is 24.2. The Kier molecular flexibility index (Phi) is 5.81. The lowest BCUT2D eigenvalue weighted by Crippen LogP contribution is -2.30. The minimum absolute atomic E-state index is 0.320. The van der Waals surface area contributed by atoms with Crippen LogP contribution in [0.1, 0.15) is 20.7 Å². The maximum Gasteiger partial charge on any atom is 0.268 e. The summed E-state index contributed by atoms with van der Waals surface area (Å²) in [5.74, 6) is -0.647. The zero-order chi connectivity index (χ0) is 32.6. The molecule has 0 aliphatic carbocycles. The number of hydrogen-bond donors (Lipinski definition) is 0. The summed E-state index contributed by atoms with van der Waals surface area (Å²) in [5, 5.41) is 4.56. The maximum absolute atomic E-state index is 14.5. The highest BCUT2D eigenvalue weighted by atomic mass is 16.2. The van der Waals surface area contributed by atoms with Gasteiger partial charge in [-0.05, 0) is 60.2 Å². The summed E-state index contributed by atoms with van der Waals surface area (Å²) < 4.78 is 4.46. The first-order valence-corrected chi connectivity index (χ1v) is 16.4. The molecule has 0 saturated carbocycles. The van der Waals surface area contributed by atoms with Crippen molar-refractivity contribution in [3.8, 4) is 22.5 Å². The van der Waals surface area contributed by atoms with Crippen molar-refractivity contribution in [2.45, 2.75) is 0 Å². The number of benzene rings is 7. The standard InChI is InChI=1S/C44H27N3O2/c48-43-34-19-12-24-41(42(34)44(49)47(43)36-20-8-4-15-30(36)28-13-2-1-3-14-28)46-39-23-11-7-18-33(39)35-27-29(25-26-40(35)46)45-37-21-9-5-16-31(37)32-17-6-10-22-38(32)45/h1-27H. The summed E-state index contributed by atoms with van der Waals surface area (Å²) in [4.78, 5) is 30.0. The molecule has 0 unspecified atom stereocenters. The highest BCUT2D eigenvalue weighted by Crippen LogP contribution is 2.41. The topological polar surface area (TPSA) is 47.2 Å². The Morgan fingerprint density at radius 2 is 0.898 bits per heavy atom. The van der Waals surface area contributed by atoms with E-state index >= 15 is 0 Å². The molecule has 0 atom stereocenters. The molecule has 0 saturated heterocycles. The van der Waals surface area contributed by atoms with Crippen LogP contribution in [0.25, 0.3) is 66.1 Å². The number of hydrogen-bond acceptors (Lipinski definition) is 2. The normalized spacial score (nSPS) is 12.9. The van der Waals surface area contributed by atoms with E-state index in [1.54, 1.807) is 6.07 Å². The predicted molar refractivity (Wildman–Crippen MR) is 198 cm³/mol. The third kappa shape index (κ3) is 3.87. The second-order valence-corrected chi connectivity index (χ2v) is 12.5. The Morgan fingerprint density at radius 3 is 1.61 bits per heavy atom. The molecule has 0 spiro atoms. The summed E-state index contributed by atoms with van der Waals surface area (Å²) in [6, 6.07) is 54.9. The molecule has 5 nitrogen and oxygen atoms in total. The van der Waals surface area contributed by atoms with Gasteiger partial charge in [0.25, 0.3) is 11.8 Å². The van der Waals surface area contributed by atoms with Gasteiger partial charge >= 0.3 is 0 Å². The van der Waals surface area contributed by atoms with Crippen molar-refractivity contribution >= 4 is 61.1 Å². The van der Waals surface area contributed by atoms with Crippen molar-refractivity contribution in [1.82, 2.24) is 9.13 Å². The second-order valence-electron chi connectivity index (χ2n) is 12.5. The fraction of sp³-hybridized carbons (Fsp3) is 0. The Hall–Kier alpha value is -6.72. The largest absolute Gasteiger partial charge is 0.309 e. The van der Waals surface area contributed by atoms with E-state index < -0.39 is 0 Å². The number of para-hydroxylation sites is 4. The van der Waals surface area contributed by atoms with Gasteiger partial charge in [0.15, 0.2) is 0 Å². The molecule has 230 valence electrons. The van der Waals surface area contributed by atoms with Gasteiger partial charge in [0.1, 0.15) is 0 Å². The molecule has 5 heteroatoms. The molecule has 49 heavy (non-hydrogen) atoms. The van der Waals surface area contributed by atoms with Crippen LogP contribution in [0.3, 0.4) is 0 Å². The Labute approximate surface area is 281 Å². The second kappa shape index (κ2) is 10.4. The molecule has 0 bridgehead atoms. The zero-order valence-corrected chi connectivity index (χ0v) is 26.2. The quantitative estimate of drug-likeness (QED) is 0.182. The van der Waals surface area contributed by atoms with E-state index in [0.717, 1.165) is 49.7 Å². The Morgan fingerprint density at radius 1 is 0.367 bits per heavy atom. The number of aromatic nitrogens is 2. The molecule has 0 fully saturated rings. The fourth-order valence-electron chi connectivity index (χ4n) is 7.76. The lowest BCUT2D eigenvalue weighted by molar-refractivity contribution is 0.0926. The Balaban J connectivity index is 1.18. The van der Waals surface area contributed by atoms with Gasteiger partial charge in [0.05, 0.1) is 44.6 Å². The molecule has 7 aromatic carbocycles. The van der Waals surface area contributed by atoms with Crippen LogP contribution in [0, 0.1) is 0 Å². The maximum atomic E-state index is 14.5. The lowest BCUT2D eigenvalue weighted by atomic mass is 10.0.